The minimum atomic E-state index is 0.493. The van der Waals surface area contributed by atoms with E-state index in [-0.39, 0.29) is 0 Å². The minimum absolute atomic E-state index is 0.493. The van der Waals surface area contributed by atoms with Crippen LogP contribution in [0.1, 0.15) is 0 Å². The van der Waals surface area contributed by atoms with Gasteiger partial charge >= 0.3 is 0 Å². The van der Waals surface area contributed by atoms with E-state index in [0.717, 1.165) is 4.47 Å². The quantitative estimate of drug-likeness (QED) is 0.658. The van der Waals surface area contributed by atoms with Crippen molar-refractivity contribution >= 4 is 50.7 Å². The van der Waals surface area contributed by atoms with Gasteiger partial charge in [-0.1, -0.05) is 11.6 Å². The van der Waals surface area contributed by atoms with Gasteiger partial charge < -0.3 is 15.4 Å². The van der Waals surface area contributed by atoms with E-state index in [1.54, 1.807) is 19.4 Å². The Morgan fingerprint density at radius 2 is 2.44 bits per heavy atom. The van der Waals surface area contributed by atoms with Gasteiger partial charge in [0.25, 0.3) is 0 Å². The molecule has 0 unspecified atom stereocenters. The molecule has 1 heterocycles. The second-order valence-electron chi connectivity index (χ2n) is 2.86. The Labute approximate surface area is 113 Å². The van der Waals surface area contributed by atoms with Gasteiger partial charge in [-0.2, -0.15) is 0 Å². The Morgan fingerprint density at radius 1 is 1.69 bits per heavy atom. The predicted octanol–water partition coefficient (Wildman–Crippen LogP) is 2.43. The third kappa shape index (κ3) is 4.61. The fourth-order valence-electron chi connectivity index (χ4n) is 0.925. The van der Waals surface area contributed by atoms with E-state index in [0.29, 0.717) is 29.1 Å². The van der Waals surface area contributed by atoms with Gasteiger partial charge in [-0.3, -0.25) is 0 Å². The maximum atomic E-state index is 5.77. The Bertz CT molecular complexity index is 378. The lowest BCUT2D eigenvalue weighted by atomic mass is 10.4. The highest BCUT2D eigenvalue weighted by Gasteiger charge is 2.03. The highest BCUT2D eigenvalue weighted by atomic mass is 79.9. The number of aromatic nitrogens is 1. The molecular formula is C9H11BrClN3OS. The fraction of sp³-hybridized carbons (Fsp3) is 0.333. The Hall–Kier alpha value is -0.430. The first-order valence-corrected chi connectivity index (χ1v) is 6.06. The molecule has 0 bridgehead atoms. The number of thiocarbonyl (C=S) groups is 1. The standard InChI is InChI=1S/C9H11BrClN3OS/c1-15-3-2-12-9(16)14-8-7(10)4-6(11)5-13-8/h4-5H,2-3H2,1H3,(H2,12,13,14,16). The highest BCUT2D eigenvalue weighted by Crippen LogP contribution is 2.22. The number of rotatable bonds is 4. The molecule has 2 N–H and O–H groups in total. The van der Waals surface area contributed by atoms with Crippen LogP contribution in [0.25, 0.3) is 0 Å². The van der Waals surface area contributed by atoms with Crippen LogP contribution in [0.4, 0.5) is 5.82 Å². The highest BCUT2D eigenvalue weighted by molar-refractivity contribution is 9.10. The third-order valence-electron chi connectivity index (χ3n) is 1.63. The van der Waals surface area contributed by atoms with Crippen molar-refractivity contribution < 1.29 is 4.74 Å². The molecule has 0 atom stereocenters. The first kappa shape index (κ1) is 13.6. The largest absolute Gasteiger partial charge is 0.383 e. The molecule has 0 saturated carbocycles. The molecule has 0 aliphatic carbocycles. The minimum Gasteiger partial charge on any atom is -0.383 e. The fourth-order valence-corrected chi connectivity index (χ4v) is 1.86. The van der Waals surface area contributed by atoms with Crippen molar-refractivity contribution in [3.63, 3.8) is 0 Å². The molecule has 0 aromatic carbocycles. The number of methoxy groups -OCH3 is 1. The zero-order valence-electron chi connectivity index (χ0n) is 8.59. The summed E-state index contributed by atoms with van der Waals surface area (Å²) in [6.07, 6.45) is 1.55. The van der Waals surface area contributed by atoms with E-state index in [4.69, 9.17) is 28.6 Å². The van der Waals surface area contributed by atoms with Crippen LogP contribution in [-0.2, 0) is 4.74 Å². The van der Waals surface area contributed by atoms with Gasteiger partial charge in [0.05, 0.1) is 16.1 Å². The summed E-state index contributed by atoms with van der Waals surface area (Å²) in [5.41, 5.74) is 0. The molecule has 0 aliphatic heterocycles. The summed E-state index contributed by atoms with van der Waals surface area (Å²) in [6, 6.07) is 1.74. The van der Waals surface area contributed by atoms with Crippen LogP contribution in [0.3, 0.4) is 0 Å². The van der Waals surface area contributed by atoms with Crippen LogP contribution in [0, 0.1) is 0 Å². The van der Waals surface area contributed by atoms with Crippen molar-refractivity contribution in [3.05, 3.63) is 21.8 Å². The van der Waals surface area contributed by atoms with E-state index >= 15 is 0 Å². The van der Waals surface area contributed by atoms with Crippen LogP contribution in [0.5, 0.6) is 0 Å². The molecule has 0 fully saturated rings. The smallest absolute Gasteiger partial charge is 0.172 e. The van der Waals surface area contributed by atoms with E-state index in [1.807, 2.05) is 0 Å². The topological polar surface area (TPSA) is 46.2 Å². The first-order chi connectivity index (χ1) is 7.63. The Morgan fingerprint density at radius 3 is 3.06 bits per heavy atom. The maximum Gasteiger partial charge on any atom is 0.172 e. The van der Waals surface area contributed by atoms with Gasteiger partial charge in [0, 0.05) is 19.9 Å². The summed E-state index contributed by atoms with van der Waals surface area (Å²) in [6.45, 7) is 1.24. The van der Waals surface area contributed by atoms with Crippen LogP contribution in [0.2, 0.25) is 5.02 Å². The van der Waals surface area contributed by atoms with Gasteiger partial charge in [-0.25, -0.2) is 4.98 Å². The molecular weight excluding hydrogens is 314 g/mol. The maximum absolute atomic E-state index is 5.77. The van der Waals surface area contributed by atoms with Crippen molar-refractivity contribution in [1.29, 1.82) is 0 Å². The van der Waals surface area contributed by atoms with E-state index in [2.05, 4.69) is 31.5 Å². The SMILES string of the molecule is COCCNC(=S)Nc1ncc(Cl)cc1Br. The molecule has 0 aliphatic rings. The van der Waals surface area contributed by atoms with Crippen molar-refractivity contribution in [1.82, 2.24) is 10.3 Å². The van der Waals surface area contributed by atoms with Crippen LogP contribution < -0.4 is 10.6 Å². The van der Waals surface area contributed by atoms with Gasteiger partial charge in [-0.15, -0.1) is 0 Å². The zero-order valence-corrected chi connectivity index (χ0v) is 11.7. The Kier molecular flexibility index (Phi) is 5.97. The van der Waals surface area contributed by atoms with E-state index in [9.17, 15) is 0 Å². The second kappa shape index (κ2) is 7.01. The monoisotopic (exact) mass is 323 g/mol. The van der Waals surface area contributed by atoms with Gasteiger partial charge in [0.2, 0.25) is 0 Å². The molecule has 1 aromatic rings. The lowest BCUT2D eigenvalue weighted by Crippen LogP contribution is -2.31. The summed E-state index contributed by atoms with van der Waals surface area (Å²) in [4.78, 5) is 4.10. The van der Waals surface area contributed by atoms with Crippen LogP contribution in [0.15, 0.2) is 16.7 Å². The molecule has 0 spiro atoms. The van der Waals surface area contributed by atoms with Gasteiger partial charge in [-0.05, 0) is 34.2 Å². The number of anilines is 1. The van der Waals surface area contributed by atoms with E-state index < -0.39 is 0 Å². The average molecular weight is 325 g/mol. The number of nitrogens with zero attached hydrogens (tertiary/aromatic N) is 1. The van der Waals surface area contributed by atoms with Crippen LogP contribution >= 0.6 is 39.7 Å². The summed E-state index contributed by atoms with van der Waals surface area (Å²) in [5, 5.41) is 6.98. The first-order valence-electron chi connectivity index (χ1n) is 4.48. The Balaban J connectivity index is 2.49. The summed E-state index contributed by atoms with van der Waals surface area (Å²) in [5.74, 6) is 0.624. The number of pyridine rings is 1. The molecule has 1 rings (SSSR count). The van der Waals surface area contributed by atoms with Gasteiger partial charge in [0.1, 0.15) is 5.82 Å². The van der Waals surface area contributed by atoms with Crippen molar-refractivity contribution in [2.24, 2.45) is 0 Å². The third-order valence-corrected chi connectivity index (χ3v) is 2.69. The number of halogens is 2. The van der Waals surface area contributed by atoms with Crippen molar-refractivity contribution in [2.75, 3.05) is 25.6 Å². The number of hydrogen-bond donors (Lipinski definition) is 2. The number of ether oxygens (including phenoxy) is 1. The molecule has 16 heavy (non-hydrogen) atoms. The number of nitrogens with one attached hydrogen (secondary N) is 2. The van der Waals surface area contributed by atoms with Crippen molar-refractivity contribution in [3.8, 4) is 0 Å². The van der Waals surface area contributed by atoms with Crippen molar-refractivity contribution in [2.45, 2.75) is 0 Å². The molecule has 0 amide bonds. The summed E-state index contributed by atoms with van der Waals surface area (Å²) >= 11 is 14.2. The summed E-state index contributed by atoms with van der Waals surface area (Å²) in [7, 11) is 1.63. The number of hydrogen-bond acceptors (Lipinski definition) is 3. The summed E-state index contributed by atoms with van der Waals surface area (Å²) < 4.78 is 5.65. The molecule has 4 nitrogen and oxygen atoms in total. The molecule has 0 saturated heterocycles. The normalized spacial score (nSPS) is 9.94. The van der Waals surface area contributed by atoms with Gasteiger partial charge in [0.15, 0.2) is 5.11 Å². The molecule has 7 heteroatoms. The average Bonchev–Trinajstić information content (AvgIpc) is 2.23. The molecule has 1 aromatic heterocycles. The predicted molar refractivity (Wildman–Crippen MR) is 73.0 cm³/mol. The zero-order chi connectivity index (χ0) is 12.0. The lowest BCUT2D eigenvalue weighted by Gasteiger charge is -2.10. The van der Waals surface area contributed by atoms with Crippen LogP contribution in [-0.4, -0.2) is 30.4 Å². The second-order valence-corrected chi connectivity index (χ2v) is 4.56. The molecule has 88 valence electrons. The lowest BCUT2D eigenvalue weighted by molar-refractivity contribution is 0.204. The molecule has 0 radical (unpaired) electrons. The van der Waals surface area contributed by atoms with E-state index in [1.165, 1.54) is 0 Å².